The van der Waals surface area contributed by atoms with Gasteiger partial charge in [0.2, 0.25) is 0 Å². The van der Waals surface area contributed by atoms with Gasteiger partial charge in [-0.15, -0.1) is 0 Å². The second-order valence-corrected chi connectivity index (χ2v) is 21.4. The molecular formula is C72H48N6OPt. The number of para-hydroxylation sites is 4. The zero-order valence-electron chi connectivity index (χ0n) is 43.4. The number of aromatic nitrogens is 5. The number of rotatable bonds is 9. The smallest absolute Gasteiger partial charge is 0.0622 e. The Morgan fingerprint density at radius 3 is 1.60 bits per heavy atom. The van der Waals surface area contributed by atoms with Crippen LogP contribution < -0.4 is 9.64 Å². The number of benzene rings is 9. The summed E-state index contributed by atoms with van der Waals surface area (Å²) in [5.74, 6) is 2.20. The van der Waals surface area contributed by atoms with Gasteiger partial charge in [-0.3, -0.25) is 9.97 Å². The van der Waals surface area contributed by atoms with Gasteiger partial charge in [-0.25, -0.2) is 0 Å². The van der Waals surface area contributed by atoms with E-state index >= 15 is 0 Å². The van der Waals surface area contributed by atoms with Crippen molar-refractivity contribution in [3.63, 3.8) is 0 Å². The molecule has 0 fully saturated rings. The molecule has 1 spiro atoms. The molecule has 5 heterocycles. The third-order valence-corrected chi connectivity index (χ3v) is 17.0. The van der Waals surface area contributed by atoms with E-state index in [0.29, 0.717) is 11.5 Å². The van der Waals surface area contributed by atoms with Gasteiger partial charge in [0.25, 0.3) is 0 Å². The van der Waals surface area contributed by atoms with Crippen LogP contribution in [0.25, 0.3) is 78.0 Å². The van der Waals surface area contributed by atoms with Gasteiger partial charge in [-0.1, -0.05) is 72.8 Å². The van der Waals surface area contributed by atoms with Crippen molar-refractivity contribution in [1.29, 1.82) is 0 Å². The standard InChI is InChI=1S/C72H48N6O.Pt/c1-48-41-70(75-44-61(48)53-33-31-50(32-34-53)49-17-5-2-6-18-49)78-66-28-12-11-27-62(66)72(64-45-73-39-37-59(64)60-38-40-74-46-65(60)72)63-36-35-56(43-69(63)78)79-55-24-15-23-54(42-55)76-47-77(68-30-14-13-29-67(68)76)71-57(51-19-7-3-8-20-51)25-16-26-58(71)52-21-9-4-10-22-52;/h2-46H,1H3;. The van der Waals surface area contributed by atoms with Crippen LogP contribution in [0.4, 0.5) is 17.2 Å². The molecule has 0 atom stereocenters. The third kappa shape index (κ3) is 7.53. The third-order valence-electron chi connectivity index (χ3n) is 16.0. The molecule has 8 heteroatoms. The van der Waals surface area contributed by atoms with Crippen molar-refractivity contribution in [2.75, 3.05) is 4.90 Å². The number of imidazole rings is 1. The Hall–Kier alpha value is -9.81. The van der Waals surface area contributed by atoms with Crippen molar-refractivity contribution in [3.05, 3.63) is 305 Å². The number of aryl methyl sites for hydroxylation is 1. The summed E-state index contributed by atoms with van der Waals surface area (Å²) in [6, 6.07) is 86.1. The van der Waals surface area contributed by atoms with Gasteiger partial charge in [-0.05, 0) is 52.4 Å². The summed E-state index contributed by atoms with van der Waals surface area (Å²) in [5.41, 5.74) is 22.5. The molecule has 15 rings (SSSR count). The Morgan fingerprint density at radius 2 is 0.938 bits per heavy atom. The summed E-state index contributed by atoms with van der Waals surface area (Å²) in [5, 5.41) is 0. The fourth-order valence-corrected chi connectivity index (χ4v) is 13.6. The van der Waals surface area contributed by atoms with Crippen LogP contribution in [0.2, 0.25) is 0 Å². The average molecular weight is 1210 g/mol. The van der Waals surface area contributed by atoms with Crippen molar-refractivity contribution < 1.29 is 24.1 Å². The van der Waals surface area contributed by atoms with E-state index in [1.54, 1.807) is 0 Å². The molecule has 1 aliphatic carbocycles. The zero-order chi connectivity index (χ0) is 53.3. The Morgan fingerprint density at radius 1 is 0.400 bits per heavy atom. The topological polar surface area (TPSA) is 61.0 Å². The van der Waals surface area contributed by atoms with E-state index in [4.69, 9.17) is 19.7 Å². The predicted octanol–water partition coefficient (Wildman–Crippen LogP) is 17.6. The van der Waals surface area contributed by atoms with Crippen LogP contribution >= 0.6 is 0 Å². The van der Waals surface area contributed by atoms with Crippen LogP contribution in [-0.2, 0) is 24.8 Å². The summed E-state index contributed by atoms with van der Waals surface area (Å²) in [6.07, 6.45) is 9.89. The maximum atomic E-state index is 7.11. The van der Waals surface area contributed by atoms with Crippen molar-refractivity contribution in [2.24, 2.45) is 0 Å². The SMILES string of the molecule is Cc1cc(N2c3ccccc3C3(c4cnccc4-c4ccncc43)c3ccc(Oc4cccc(-n5[c](=[Pt])n(-c6c(-c7ccccc7)cccc6-c6ccccc6)c6ccccc65)c4)cc32)ncc1-c1ccc(-c2ccccc2)cc1. The molecule has 0 bridgehead atoms. The second kappa shape index (κ2) is 19.3. The van der Waals surface area contributed by atoms with Gasteiger partial charge in [-0.2, -0.15) is 0 Å². The van der Waals surface area contributed by atoms with Crippen LogP contribution in [0.15, 0.2) is 274 Å². The Balaban J connectivity index is 0.871. The molecule has 0 saturated carbocycles. The number of nitrogens with zero attached hydrogens (tertiary/aromatic N) is 6. The van der Waals surface area contributed by atoms with E-state index in [-0.39, 0.29) is 0 Å². The first-order valence-corrected chi connectivity index (χ1v) is 27.9. The molecule has 0 amide bonds. The molecule has 7 nitrogen and oxygen atoms in total. The maximum absolute atomic E-state index is 7.11. The summed E-state index contributed by atoms with van der Waals surface area (Å²) >= 11 is 2.51. The first-order chi connectivity index (χ1) is 39.5. The number of anilines is 3. The Kier molecular flexibility index (Phi) is 11.4. The second-order valence-electron chi connectivity index (χ2n) is 20.4. The molecular weight excluding hydrogens is 1160 g/mol. The van der Waals surface area contributed by atoms with Gasteiger partial charge in [0, 0.05) is 36.5 Å². The van der Waals surface area contributed by atoms with Crippen molar-refractivity contribution in [2.45, 2.75) is 12.3 Å². The molecule has 382 valence electrons. The Labute approximate surface area is 474 Å². The summed E-state index contributed by atoms with van der Waals surface area (Å²) < 4.78 is 12.9. The molecule has 4 aromatic heterocycles. The normalized spacial score (nSPS) is 12.7. The van der Waals surface area contributed by atoms with Gasteiger partial charge < -0.3 is 0 Å². The zero-order valence-corrected chi connectivity index (χ0v) is 45.7. The number of hydrogen-bond donors (Lipinski definition) is 0. The van der Waals surface area contributed by atoms with Crippen molar-refractivity contribution in [3.8, 4) is 78.5 Å². The van der Waals surface area contributed by atoms with E-state index < -0.39 is 5.41 Å². The van der Waals surface area contributed by atoms with Crippen LogP contribution in [0.5, 0.6) is 11.5 Å². The quantitative estimate of drug-likeness (QED) is 0.144. The first kappa shape index (κ1) is 47.4. The fraction of sp³-hybridized carbons (Fsp3) is 0.0278. The minimum Gasteiger partial charge on any atom is -0.0622 e. The minimum atomic E-state index is -0.731. The monoisotopic (exact) mass is 1210 g/mol. The van der Waals surface area contributed by atoms with Crippen LogP contribution in [0.1, 0.15) is 27.8 Å². The van der Waals surface area contributed by atoms with Crippen molar-refractivity contribution >= 4 is 28.2 Å². The molecule has 0 N–H and O–H groups in total. The molecule has 9 aromatic carbocycles. The van der Waals surface area contributed by atoms with Gasteiger partial charge in [0.1, 0.15) is 0 Å². The van der Waals surface area contributed by atoms with Crippen LogP contribution in [0.3, 0.4) is 0 Å². The minimum absolute atomic E-state index is 0.690. The molecule has 80 heavy (non-hydrogen) atoms. The van der Waals surface area contributed by atoms with Gasteiger partial charge in [0.05, 0.1) is 0 Å². The molecule has 0 radical (unpaired) electrons. The van der Waals surface area contributed by atoms with E-state index in [0.717, 1.165) is 116 Å². The molecule has 0 unspecified atom stereocenters. The van der Waals surface area contributed by atoms with E-state index in [2.05, 4.69) is 277 Å². The summed E-state index contributed by atoms with van der Waals surface area (Å²) in [4.78, 5) is 17.2. The van der Waals surface area contributed by atoms with E-state index in [1.165, 1.54) is 11.1 Å². The Bertz CT molecular complexity index is 4510. The van der Waals surface area contributed by atoms with Crippen LogP contribution in [0, 0.1) is 10.7 Å². The number of pyridine rings is 3. The summed E-state index contributed by atoms with van der Waals surface area (Å²) in [7, 11) is 0. The van der Waals surface area contributed by atoms with Crippen molar-refractivity contribution in [1.82, 2.24) is 24.1 Å². The molecule has 2 aliphatic rings. The number of fused-ring (bicyclic) bond motifs is 10. The molecule has 1 aliphatic heterocycles. The van der Waals surface area contributed by atoms with E-state index in [9.17, 15) is 0 Å². The fourth-order valence-electron chi connectivity index (χ4n) is 12.5. The summed E-state index contributed by atoms with van der Waals surface area (Å²) in [6.45, 7) is 2.18. The van der Waals surface area contributed by atoms with Crippen LogP contribution in [-0.4, -0.2) is 24.1 Å². The molecule has 13 aromatic rings. The number of ether oxygens (including phenoxy) is 1. The first-order valence-electron chi connectivity index (χ1n) is 26.8. The van der Waals surface area contributed by atoms with Gasteiger partial charge >= 0.3 is 306 Å². The van der Waals surface area contributed by atoms with Gasteiger partial charge in [0.15, 0.2) is 0 Å². The average Bonchev–Trinajstić information content (AvgIpc) is 3.62. The molecule has 0 saturated heterocycles. The predicted molar refractivity (Wildman–Crippen MR) is 318 cm³/mol. The van der Waals surface area contributed by atoms with E-state index in [1.807, 2.05) is 37.1 Å². The number of hydrogen-bond acceptors (Lipinski definition) is 5.